The second-order valence-electron chi connectivity index (χ2n) is 11.3. The van der Waals surface area contributed by atoms with E-state index in [9.17, 15) is 27.6 Å². The van der Waals surface area contributed by atoms with Crippen molar-refractivity contribution in [1.29, 1.82) is 0 Å². The number of carbonyl (C=O) groups is 3. The van der Waals surface area contributed by atoms with E-state index in [1.165, 1.54) is 11.1 Å². The molecule has 0 unspecified atom stereocenters. The monoisotopic (exact) mass is 623 g/mol. The summed E-state index contributed by atoms with van der Waals surface area (Å²) in [4.78, 5) is 52.6. The third-order valence-electron chi connectivity index (χ3n) is 8.14. The highest BCUT2D eigenvalue weighted by atomic mass is 32.1. The minimum Gasteiger partial charge on any atom is -0.311 e. The molecule has 0 bridgehead atoms. The Morgan fingerprint density at radius 3 is 2.33 bits per heavy atom. The first-order valence-corrected chi connectivity index (χ1v) is 15.4. The van der Waals surface area contributed by atoms with Crippen LogP contribution in [0.15, 0.2) is 29.8 Å². The number of imide groups is 1. The summed E-state index contributed by atoms with van der Waals surface area (Å²) in [5.41, 5.74) is -1.59. The fraction of sp³-hybridized carbons (Fsp3) is 0.586. The smallest absolute Gasteiger partial charge is 0.311 e. The summed E-state index contributed by atoms with van der Waals surface area (Å²) in [5, 5.41) is 3.62. The van der Waals surface area contributed by atoms with Gasteiger partial charge in [-0.1, -0.05) is 13.8 Å². The van der Waals surface area contributed by atoms with Gasteiger partial charge in [-0.25, -0.2) is 14.7 Å². The number of urea groups is 1. The number of halogens is 3. The summed E-state index contributed by atoms with van der Waals surface area (Å²) in [7, 11) is 0. The standard InChI is InChI=1S/C29H40F3N7O3S/c1-5-35(6-2)11-12-37-15-13-36(14-16-37)10-8-24(40)34-23-17-21(7-9-33-23)19-38-27(42)39(26(41)28(38,3)4)25-18-22(20-43-25)29(30,31)32/h7,9,17-18,20H,5-6,8,10-16,19H2,1-4H3,(H,33,34,40). The Hall–Kier alpha value is -3.07. The first-order valence-electron chi connectivity index (χ1n) is 14.6. The van der Waals surface area contributed by atoms with Crippen LogP contribution in [0.1, 0.15) is 45.2 Å². The summed E-state index contributed by atoms with van der Waals surface area (Å²) in [6.07, 6.45) is -2.76. The van der Waals surface area contributed by atoms with Gasteiger partial charge >= 0.3 is 12.2 Å². The number of carbonyl (C=O) groups excluding carboxylic acids is 3. The number of piperazine rings is 1. The molecule has 2 aromatic heterocycles. The number of anilines is 2. The van der Waals surface area contributed by atoms with Crippen molar-refractivity contribution in [3.05, 3.63) is 40.9 Å². The van der Waals surface area contributed by atoms with E-state index >= 15 is 0 Å². The highest BCUT2D eigenvalue weighted by molar-refractivity contribution is 7.14. The molecule has 4 heterocycles. The number of alkyl halides is 3. The lowest BCUT2D eigenvalue weighted by molar-refractivity contribution is -0.137. The highest BCUT2D eigenvalue weighted by Crippen LogP contribution is 2.40. The Morgan fingerprint density at radius 2 is 1.72 bits per heavy atom. The molecule has 14 heteroatoms. The van der Waals surface area contributed by atoms with E-state index in [-0.39, 0.29) is 17.5 Å². The molecule has 0 radical (unpaired) electrons. The van der Waals surface area contributed by atoms with E-state index in [1.54, 1.807) is 26.0 Å². The zero-order valence-electron chi connectivity index (χ0n) is 25.1. The first-order chi connectivity index (χ1) is 20.3. The second-order valence-corrected chi connectivity index (χ2v) is 12.2. The molecule has 2 saturated heterocycles. The molecule has 0 aromatic carbocycles. The molecule has 0 saturated carbocycles. The number of pyridine rings is 1. The second kappa shape index (κ2) is 13.7. The van der Waals surface area contributed by atoms with Crippen LogP contribution < -0.4 is 10.2 Å². The lowest BCUT2D eigenvalue weighted by atomic mass is 10.0. The molecule has 2 fully saturated rings. The Balaban J connectivity index is 1.29. The van der Waals surface area contributed by atoms with Gasteiger partial charge in [0.05, 0.1) is 5.56 Å². The van der Waals surface area contributed by atoms with Gasteiger partial charge in [-0.3, -0.25) is 14.5 Å². The van der Waals surface area contributed by atoms with E-state index in [0.717, 1.165) is 68.7 Å². The van der Waals surface area contributed by atoms with Crippen molar-refractivity contribution in [1.82, 2.24) is 24.6 Å². The summed E-state index contributed by atoms with van der Waals surface area (Å²) in [6.45, 7) is 16.1. The Labute approximate surface area is 254 Å². The molecule has 0 atom stereocenters. The lowest BCUT2D eigenvalue weighted by Gasteiger charge is -2.35. The topological polar surface area (TPSA) is 92.3 Å². The van der Waals surface area contributed by atoms with Gasteiger partial charge in [0.15, 0.2) is 0 Å². The van der Waals surface area contributed by atoms with Crippen molar-refractivity contribution in [3.63, 3.8) is 0 Å². The van der Waals surface area contributed by atoms with Gasteiger partial charge in [-0.2, -0.15) is 13.2 Å². The van der Waals surface area contributed by atoms with Crippen LogP contribution in [0.25, 0.3) is 0 Å². The van der Waals surface area contributed by atoms with E-state index in [4.69, 9.17) is 0 Å². The Morgan fingerprint density at radius 1 is 1.07 bits per heavy atom. The predicted octanol–water partition coefficient (Wildman–Crippen LogP) is 4.20. The molecule has 10 nitrogen and oxygen atoms in total. The van der Waals surface area contributed by atoms with Crippen LogP contribution in [0.4, 0.5) is 28.8 Å². The number of likely N-dealkylation sites (N-methyl/N-ethyl adjacent to an activating group) is 1. The molecule has 4 rings (SSSR count). The van der Waals surface area contributed by atoms with Gasteiger partial charge in [-0.15, -0.1) is 11.3 Å². The molecule has 2 aromatic rings. The molecule has 236 valence electrons. The SMILES string of the molecule is CCN(CC)CCN1CCN(CCC(=O)Nc2cc(CN3C(=O)N(c4cc(C(F)(F)F)cs4)C(=O)C3(C)C)ccn2)CC1. The van der Waals surface area contributed by atoms with Gasteiger partial charge in [0, 0.05) is 70.4 Å². The molecule has 4 amide bonds. The molecule has 2 aliphatic heterocycles. The average molecular weight is 624 g/mol. The molecule has 0 aliphatic carbocycles. The maximum atomic E-state index is 13.3. The molecule has 0 spiro atoms. The molecule has 1 N–H and O–H groups in total. The zero-order valence-corrected chi connectivity index (χ0v) is 25.9. The molecule has 43 heavy (non-hydrogen) atoms. The van der Waals surface area contributed by atoms with Gasteiger partial charge < -0.3 is 20.0 Å². The van der Waals surface area contributed by atoms with Gasteiger partial charge in [0.2, 0.25) is 5.91 Å². The minimum absolute atomic E-state index is 0.00944. The van der Waals surface area contributed by atoms with E-state index < -0.39 is 29.2 Å². The van der Waals surface area contributed by atoms with Crippen LogP contribution >= 0.6 is 11.3 Å². The third-order valence-corrected chi connectivity index (χ3v) is 9.05. The van der Waals surface area contributed by atoms with Gasteiger partial charge in [0.25, 0.3) is 5.91 Å². The summed E-state index contributed by atoms with van der Waals surface area (Å²) < 4.78 is 39.4. The third kappa shape index (κ3) is 7.91. The highest BCUT2D eigenvalue weighted by Gasteiger charge is 2.52. The summed E-state index contributed by atoms with van der Waals surface area (Å²) >= 11 is 0.692. The Bertz CT molecular complexity index is 1290. The number of hydrogen-bond donors (Lipinski definition) is 1. The van der Waals surface area contributed by atoms with E-state index in [1.807, 2.05) is 0 Å². The molecule has 2 aliphatic rings. The number of rotatable bonds is 12. The minimum atomic E-state index is -4.58. The number of hydrogen-bond acceptors (Lipinski definition) is 8. The predicted molar refractivity (Wildman–Crippen MR) is 160 cm³/mol. The number of nitrogens with one attached hydrogen (secondary N) is 1. The van der Waals surface area contributed by atoms with Crippen molar-refractivity contribution >= 4 is 40.0 Å². The van der Waals surface area contributed by atoms with Gasteiger partial charge in [-0.05, 0) is 50.7 Å². The van der Waals surface area contributed by atoms with Crippen molar-refractivity contribution < 1.29 is 27.6 Å². The van der Waals surface area contributed by atoms with Crippen LogP contribution in [0.2, 0.25) is 0 Å². The van der Waals surface area contributed by atoms with Crippen LogP contribution in [0.5, 0.6) is 0 Å². The average Bonchev–Trinajstić information content (AvgIpc) is 3.52. The largest absolute Gasteiger partial charge is 0.417 e. The fourth-order valence-electron chi connectivity index (χ4n) is 5.23. The summed E-state index contributed by atoms with van der Waals surface area (Å²) in [6, 6.07) is 3.41. The van der Waals surface area contributed by atoms with Crippen molar-refractivity contribution in [2.75, 3.05) is 69.1 Å². The van der Waals surface area contributed by atoms with Crippen LogP contribution in [0, 0.1) is 0 Å². The maximum Gasteiger partial charge on any atom is 0.417 e. The maximum absolute atomic E-state index is 13.3. The number of thiophene rings is 1. The van der Waals surface area contributed by atoms with Crippen LogP contribution in [-0.2, 0) is 22.3 Å². The fourth-order valence-corrected chi connectivity index (χ4v) is 6.14. The molecular formula is C29H40F3N7O3S. The first kappa shape index (κ1) is 32.8. The Kier molecular flexibility index (Phi) is 10.5. The summed E-state index contributed by atoms with van der Waals surface area (Å²) in [5.74, 6) is -0.462. The number of aromatic nitrogens is 1. The van der Waals surface area contributed by atoms with Crippen LogP contribution in [-0.4, -0.2) is 107 Å². The number of amides is 4. The normalized spacial score (nSPS) is 18.2. The number of nitrogens with zero attached hydrogens (tertiary/aromatic N) is 6. The van der Waals surface area contributed by atoms with Crippen molar-refractivity contribution in [3.8, 4) is 0 Å². The lowest BCUT2D eigenvalue weighted by Crippen LogP contribution is -2.48. The zero-order chi connectivity index (χ0) is 31.4. The molecular weight excluding hydrogens is 583 g/mol. The quantitative estimate of drug-likeness (QED) is 0.355. The van der Waals surface area contributed by atoms with Crippen molar-refractivity contribution in [2.45, 2.75) is 52.4 Å². The van der Waals surface area contributed by atoms with E-state index in [2.05, 4.69) is 38.8 Å². The van der Waals surface area contributed by atoms with E-state index in [0.29, 0.717) is 35.7 Å². The van der Waals surface area contributed by atoms with Gasteiger partial charge in [0.1, 0.15) is 16.4 Å². The van der Waals surface area contributed by atoms with Crippen LogP contribution in [0.3, 0.4) is 0 Å². The van der Waals surface area contributed by atoms with Crippen molar-refractivity contribution in [2.24, 2.45) is 0 Å².